The van der Waals surface area contributed by atoms with Crippen LogP contribution in [0.2, 0.25) is 0 Å². The van der Waals surface area contributed by atoms with Crippen LogP contribution in [0.15, 0.2) is 0 Å². The molecule has 4 nitrogen and oxygen atoms in total. The molecule has 2 atom stereocenters. The molecule has 2 unspecified atom stereocenters. The summed E-state index contributed by atoms with van der Waals surface area (Å²) in [6, 6.07) is 0. The van der Waals surface area contributed by atoms with Gasteiger partial charge in [0.2, 0.25) is 5.91 Å². The van der Waals surface area contributed by atoms with Gasteiger partial charge in [0.25, 0.3) is 0 Å². The van der Waals surface area contributed by atoms with Gasteiger partial charge in [0.15, 0.2) is 0 Å². The van der Waals surface area contributed by atoms with Crippen molar-refractivity contribution in [1.29, 1.82) is 0 Å². The first kappa shape index (κ1) is 14.2. The van der Waals surface area contributed by atoms with Crippen molar-refractivity contribution in [1.82, 2.24) is 4.90 Å². The third-order valence-corrected chi connectivity index (χ3v) is 2.76. The Morgan fingerprint density at radius 1 is 1.53 bits per heavy atom. The molecule has 100 valence electrons. The van der Waals surface area contributed by atoms with Crippen LogP contribution in [0, 0.1) is 5.92 Å². The van der Waals surface area contributed by atoms with Crippen molar-refractivity contribution in [3.63, 3.8) is 0 Å². The minimum Gasteiger partial charge on any atom is -0.391 e. The molecule has 0 aromatic heterocycles. The number of halogens is 3. The summed E-state index contributed by atoms with van der Waals surface area (Å²) in [7, 11) is 0. The molecule has 1 heterocycles. The summed E-state index contributed by atoms with van der Waals surface area (Å²) in [4.78, 5) is 12.8. The monoisotopic (exact) mass is 255 g/mol. The fourth-order valence-corrected chi connectivity index (χ4v) is 1.62. The topological polar surface area (TPSA) is 49.8 Å². The van der Waals surface area contributed by atoms with E-state index in [0.717, 1.165) is 0 Å². The van der Waals surface area contributed by atoms with Gasteiger partial charge in [-0.1, -0.05) is 6.92 Å². The number of carbonyl (C=O) groups is 1. The molecule has 0 saturated carbocycles. The van der Waals surface area contributed by atoms with E-state index >= 15 is 0 Å². The summed E-state index contributed by atoms with van der Waals surface area (Å²) in [5, 5.41) is 9.54. The number of amides is 1. The number of β-amino-alcohol motifs (C(OH)–C–C–N with tert-alkyl or cyclic N) is 1. The average Bonchev–Trinajstić information content (AvgIpc) is 2.20. The lowest BCUT2D eigenvalue weighted by atomic mass is 9.96. The second kappa shape index (κ2) is 5.68. The third kappa shape index (κ3) is 4.91. The molecule has 0 aromatic rings. The molecule has 0 aliphatic carbocycles. The summed E-state index contributed by atoms with van der Waals surface area (Å²) in [5.74, 6) is -0.407. The Morgan fingerprint density at radius 2 is 2.18 bits per heavy atom. The summed E-state index contributed by atoms with van der Waals surface area (Å²) < 4.78 is 39.6. The Kier molecular flexibility index (Phi) is 4.76. The van der Waals surface area contributed by atoms with Gasteiger partial charge in [0.1, 0.15) is 13.2 Å². The number of piperidine rings is 1. The van der Waals surface area contributed by atoms with Crippen LogP contribution < -0.4 is 0 Å². The molecule has 1 fully saturated rings. The number of ether oxygens (including phenoxy) is 1. The molecule has 1 N–H and O–H groups in total. The van der Waals surface area contributed by atoms with Gasteiger partial charge in [-0.2, -0.15) is 13.2 Å². The molecular weight excluding hydrogens is 239 g/mol. The van der Waals surface area contributed by atoms with Crippen LogP contribution in [0.1, 0.15) is 13.3 Å². The van der Waals surface area contributed by atoms with Crippen molar-refractivity contribution in [2.24, 2.45) is 5.92 Å². The lowest BCUT2D eigenvalue weighted by molar-refractivity contribution is -0.178. The standard InChI is InChI=1S/C10H16F3NO3/c1-7-2-3-14(4-8(7)15)9(16)5-17-6-10(11,12)13/h7-8,15H,2-6H2,1H3. The molecular formula is C10H16F3NO3. The van der Waals surface area contributed by atoms with Crippen molar-refractivity contribution in [2.75, 3.05) is 26.3 Å². The molecule has 1 aliphatic rings. The minimum absolute atomic E-state index is 0.107. The zero-order valence-electron chi connectivity index (χ0n) is 9.54. The number of nitrogens with zero attached hydrogens (tertiary/aromatic N) is 1. The number of rotatable bonds is 3. The third-order valence-electron chi connectivity index (χ3n) is 2.76. The molecule has 1 saturated heterocycles. The van der Waals surface area contributed by atoms with Gasteiger partial charge in [-0.25, -0.2) is 0 Å². The van der Waals surface area contributed by atoms with Gasteiger partial charge in [0.05, 0.1) is 6.10 Å². The Labute approximate surface area is 97.3 Å². The van der Waals surface area contributed by atoms with Crippen LogP contribution >= 0.6 is 0 Å². The van der Waals surface area contributed by atoms with Gasteiger partial charge < -0.3 is 14.7 Å². The lowest BCUT2D eigenvalue weighted by Gasteiger charge is -2.34. The molecule has 0 aromatic carbocycles. The highest BCUT2D eigenvalue weighted by atomic mass is 19.4. The van der Waals surface area contributed by atoms with Crippen LogP contribution in [0.4, 0.5) is 13.2 Å². The quantitative estimate of drug-likeness (QED) is 0.811. The Bertz CT molecular complexity index is 270. The van der Waals surface area contributed by atoms with Crippen LogP contribution in [-0.2, 0) is 9.53 Å². The predicted octanol–water partition coefficient (Wildman–Crippen LogP) is 0.795. The van der Waals surface area contributed by atoms with E-state index in [2.05, 4.69) is 4.74 Å². The molecule has 0 bridgehead atoms. The molecule has 0 spiro atoms. The van der Waals surface area contributed by atoms with Gasteiger partial charge in [-0.3, -0.25) is 4.79 Å². The van der Waals surface area contributed by atoms with Gasteiger partial charge in [0, 0.05) is 13.1 Å². The van der Waals surface area contributed by atoms with E-state index in [9.17, 15) is 23.1 Å². The smallest absolute Gasteiger partial charge is 0.391 e. The molecule has 1 rings (SSSR count). The van der Waals surface area contributed by atoms with Crippen LogP contribution in [0.25, 0.3) is 0 Å². The van der Waals surface area contributed by atoms with Crippen LogP contribution in [0.3, 0.4) is 0 Å². The molecule has 1 amide bonds. The maximum absolute atomic E-state index is 11.8. The van der Waals surface area contributed by atoms with Gasteiger partial charge >= 0.3 is 6.18 Å². The Balaban J connectivity index is 2.29. The number of aliphatic hydroxyl groups is 1. The van der Waals surface area contributed by atoms with Crippen LogP contribution in [-0.4, -0.2) is 54.5 Å². The highest BCUT2D eigenvalue weighted by molar-refractivity contribution is 5.77. The van der Waals surface area contributed by atoms with E-state index in [1.165, 1.54) is 4.90 Å². The summed E-state index contributed by atoms with van der Waals surface area (Å²) in [6.45, 7) is 0.459. The first-order valence-corrected chi connectivity index (χ1v) is 5.40. The number of hydrogen-bond donors (Lipinski definition) is 1. The second-order valence-corrected chi connectivity index (χ2v) is 4.28. The van der Waals surface area contributed by atoms with Crippen LogP contribution in [0.5, 0.6) is 0 Å². The fraction of sp³-hybridized carbons (Fsp3) is 0.900. The van der Waals surface area contributed by atoms with E-state index < -0.39 is 31.4 Å². The summed E-state index contributed by atoms with van der Waals surface area (Å²) in [5.41, 5.74) is 0. The highest BCUT2D eigenvalue weighted by Gasteiger charge is 2.30. The predicted molar refractivity (Wildman–Crippen MR) is 53.2 cm³/mol. The molecule has 17 heavy (non-hydrogen) atoms. The molecule has 1 aliphatic heterocycles. The first-order chi connectivity index (χ1) is 7.79. The van der Waals surface area contributed by atoms with Crippen molar-refractivity contribution in [3.8, 4) is 0 Å². The maximum Gasteiger partial charge on any atom is 0.411 e. The molecule has 7 heteroatoms. The largest absolute Gasteiger partial charge is 0.411 e. The normalized spacial score (nSPS) is 26.1. The minimum atomic E-state index is -4.42. The fourth-order valence-electron chi connectivity index (χ4n) is 1.62. The Morgan fingerprint density at radius 3 is 2.71 bits per heavy atom. The zero-order chi connectivity index (χ0) is 13.1. The highest BCUT2D eigenvalue weighted by Crippen LogP contribution is 2.17. The first-order valence-electron chi connectivity index (χ1n) is 5.40. The van der Waals surface area contributed by atoms with E-state index in [-0.39, 0.29) is 12.5 Å². The average molecular weight is 255 g/mol. The summed E-state index contributed by atoms with van der Waals surface area (Å²) >= 11 is 0. The van der Waals surface area contributed by atoms with Crippen molar-refractivity contribution >= 4 is 5.91 Å². The SMILES string of the molecule is CC1CCN(C(=O)COCC(F)(F)F)CC1O. The molecule has 0 radical (unpaired) electrons. The van der Waals surface area contributed by atoms with Gasteiger partial charge in [-0.15, -0.1) is 0 Å². The maximum atomic E-state index is 11.8. The lowest BCUT2D eigenvalue weighted by Crippen LogP contribution is -2.47. The van der Waals surface area contributed by atoms with E-state index in [1.54, 1.807) is 0 Å². The zero-order valence-corrected chi connectivity index (χ0v) is 9.54. The Hall–Kier alpha value is -0.820. The van der Waals surface area contributed by atoms with Crippen molar-refractivity contribution in [2.45, 2.75) is 25.6 Å². The summed E-state index contributed by atoms with van der Waals surface area (Å²) in [6.07, 6.45) is -4.39. The van der Waals surface area contributed by atoms with E-state index in [1.807, 2.05) is 6.92 Å². The number of carbonyl (C=O) groups excluding carboxylic acids is 1. The van der Waals surface area contributed by atoms with E-state index in [4.69, 9.17) is 0 Å². The van der Waals surface area contributed by atoms with Gasteiger partial charge in [-0.05, 0) is 12.3 Å². The number of likely N-dealkylation sites (tertiary alicyclic amines) is 1. The van der Waals surface area contributed by atoms with Crippen molar-refractivity contribution < 1.29 is 27.8 Å². The van der Waals surface area contributed by atoms with E-state index in [0.29, 0.717) is 13.0 Å². The number of hydrogen-bond acceptors (Lipinski definition) is 3. The van der Waals surface area contributed by atoms with Crippen molar-refractivity contribution in [3.05, 3.63) is 0 Å². The number of alkyl halides is 3. The number of aliphatic hydroxyl groups excluding tert-OH is 1. The second-order valence-electron chi connectivity index (χ2n) is 4.28.